The van der Waals surface area contributed by atoms with E-state index in [4.69, 9.17) is 21.3 Å². The van der Waals surface area contributed by atoms with Crippen LogP contribution in [0.25, 0.3) is 0 Å². The number of carbonyl (C=O) groups excluding carboxylic acids is 2. The predicted molar refractivity (Wildman–Crippen MR) is 115 cm³/mol. The standard InChI is InChI=1S/C21H22ClN5O3/c1-3-18(28)26-27-21-17(9-10-19(29)30-2)24-20(16-6-4-5-11-23-16)14-12-13(22)7-8-15(14)25-21/h4-8,11-12,17H,3,9-10H2,1-2H3,(H,25,27)(H,26,28)/t17-/m0/s1. The Labute approximate surface area is 179 Å². The van der Waals surface area contributed by atoms with Crippen molar-refractivity contribution in [3.63, 3.8) is 0 Å². The van der Waals surface area contributed by atoms with E-state index < -0.39 is 6.04 Å². The summed E-state index contributed by atoms with van der Waals surface area (Å²) in [6, 6.07) is 10.3. The molecule has 2 aromatic rings. The molecule has 0 fully saturated rings. The van der Waals surface area contributed by atoms with Gasteiger partial charge in [0.25, 0.3) is 0 Å². The van der Waals surface area contributed by atoms with E-state index in [1.54, 1.807) is 31.3 Å². The Balaban J connectivity index is 2.08. The van der Waals surface area contributed by atoms with Crippen molar-refractivity contribution in [1.82, 2.24) is 15.8 Å². The Kier molecular flexibility index (Phi) is 7.13. The van der Waals surface area contributed by atoms with Crippen LogP contribution in [-0.4, -0.2) is 41.6 Å². The van der Waals surface area contributed by atoms with Gasteiger partial charge in [0.1, 0.15) is 11.9 Å². The first kappa shape index (κ1) is 21.4. The number of benzene rings is 1. The highest BCUT2D eigenvalue weighted by Crippen LogP contribution is 2.29. The summed E-state index contributed by atoms with van der Waals surface area (Å²) in [6.45, 7) is 1.75. The van der Waals surface area contributed by atoms with Crippen LogP contribution in [0.2, 0.25) is 5.02 Å². The minimum absolute atomic E-state index is 0.139. The van der Waals surface area contributed by atoms with Crippen LogP contribution in [0.5, 0.6) is 0 Å². The van der Waals surface area contributed by atoms with Gasteiger partial charge in [-0.2, -0.15) is 0 Å². The Morgan fingerprint density at radius 2 is 2.07 bits per heavy atom. The number of hydrogen-bond donors (Lipinski definition) is 2. The average Bonchev–Trinajstić information content (AvgIpc) is 2.92. The second-order valence-electron chi connectivity index (χ2n) is 6.51. The van der Waals surface area contributed by atoms with Crippen LogP contribution in [0.1, 0.15) is 37.4 Å². The summed E-state index contributed by atoms with van der Waals surface area (Å²) < 4.78 is 4.77. The van der Waals surface area contributed by atoms with Crippen LogP contribution in [0.4, 0.5) is 5.69 Å². The molecule has 1 aliphatic heterocycles. The van der Waals surface area contributed by atoms with Crippen molar-refractivity contribution in [3.8, 4) is 0 Å². The van der Waals surface area contributed by atoms with Crippen molar-refractivity contribution in [1.29, 1.82) is 0 Å². The van der Waals surface area contributed by atoms with Crippen molar-refractivity contribution in [2.24, 2.45) is 9.98 Å². The third-order valence-electron chi connectivity index (χ3n) is 4.46. The normalized spacial score (nSPS) is 15.2. The molecule has 0 bridgehead atoms. The number of pyridine rings is 1. The summed E-state index contributed by atoms with van der Waals surface area (Å²) in [6.07, 6.45) is 2.46. The van der Waals surface area contributed by atoms with Gasteiger partial charge in [0.15, 0.2) is 0 Å². The van der Waals surface area contributed by atoms with Crippen LogP contribution in [-0.2, 0) is 14.3 Å². The highest BCUT2D eigenvalue weighted by atomic mass is 35.5. The van der Waals surface area contributed by atoms with E-state index in [0.29, 0.717) is 46.4 Å². The highest BCUT2D eigenvalue weighted by molar-refractivity contribution is 6.31. The van der Waals surface area contributed by atoms with Crippen LogP contribution >= 0.6 is 11.6 Å². The molecule has 2 N–H and O–H groups in total. The Morgan fingerprint density at radius 3 is 2.77 bits per heavy atom. The van der Waals surface area contributed by atoms with Crippen molar-refractivity contribution in [2.45, 2.75) is 32.2 Å². The quantitative estimate of drug-likeness (QED) is 0.563. The minimum atomic E-state index is -0.538. The number of carbonyl (C=O) groups is 2. The molecule has 8 nitrogen and oxygen atoms in total. The summed E-state index contributed by atoms with van der Waals surface area (Å²) in [5.74, 6) is -0.138. The predicted octanol–water partition coefficient (Wildman–Crippen LogP) is 2.97. The van der Waals surface area contributed by atoms with Gasteiger partial charge < -0.3 is 4.74 Å². The molecule has 0 spiro atoms. The maximum absolute atomic E-state index is 11.8. The lowest BCUT2D eigenvalue weighted by molar-refractivity contribution is -0.140. The third-order valence-corrected chi connectivity index (χ3v) is 4.70. The van der Waals surface area contributed by atoms with Gasteiger partial charge in [0.2, 0.25) is 5.91 Å². The molecule has 156 valence electrons. The SMILES string of the molecule is CCC(=O)NNC1=Nc2ccc(Cl)cc2C(c2ccccn2)=N[C@H]1CCC(=O)OC. The molecule has 1 atom stereocenters. The van der Waals surface area contributed by atoms with Gasteiger partial charge in [-0.05, 0) is 36.8 Å². The number of ether oxygens (including phenoxy) is 1. The number of aliphatic imine (C=N–C) groups is 2. The van der Waals surface area contributed by atoms with Crippen LogP contribution in [0.3, 0.4) is 0 Å². The van der Waals surface area contributed by atoms with Gasteiger partial charge in [-0.3, -0.25) is 30.4 Å². The van der Waals surface area contributed by atoms with Gasteiger partial charge in [-0.15, -0.1) is 0 Å². The van der Waals surface area contributed by atoms with Crippen LogP contribution in [0.15, 0.2) is 52.6 Å². The number of fused-ring (bicyclic) bond motifs is 1. The molecule has 30 heavy (non-hydrogen) atoms. The fraction of sp³-hybridized carbons (Fsp3) is 0.286. The first-order valence-electron chi connectivity index (χ1n) is 9.51. The van der Waals surface area contributed by atoms with E-state index in [1.807, 2.05) is 18.2 Å². The van der Waals surface area contributed by atoms with Crippen molar-refractivity contribution in [2.75, 3.05) is 7.11 Å². The monoisotopic (exact) mass is 427 g/mol. The van der Waals surface area contributed by atoms with Crippen LogP contribution in [0, 0.1) is 0 Å². The van der Waals surface area contributed by atoms with Gasteiger partial charge in [-0.25, -0.2) is 4.99 Å². The molecular weight excluding hydrogens is 406 g/mol. The zero-order chi connectivity index (χ0) is 21.5. The Bertz CT molecular complexity index is 991. The fourth-order valence-corrected chi connectivity index (χ4v) is 3.06. The summed E-state index contributed by atoms with van der Waals surface area (Å²) in [7, 11) is 1.34. The topological polar surface area (TPSA) is 105 Å². The van der Waals surface area contributed by atoms with E-state index in [0.717, 1.165) is 0 Å². The molecule has 0 radical (unpaired) electrons. The van der Waals surface area contributed by atoms with Gasteiger partial charge >= 0.3 is 5.97 Å². The third kappa shape index (κ3) is 5.21. The van der Waals surface area contributed by atoms with E-state index >= 15 is 0 Å². The first-order valence-corrected chi connectivity index (χ1v) is 9.89. The summed E-state index contributed by atoms with van der Waals surface area (Å²) in [5, 5.41) is 0.536. The molecule has 0 saturated heterocycles. The molecule has 0 unspecified atom stereocenters. The highest BCUT2D eigenvalue weighted by Gasteiger charge is 2.25. The molecule has 1 aromatic heterocycles. The van der Waals surface area contributed by atoms with Gasteiger partial charge in [0.05, 0.1) is 24.2 Å². The molecule has 0 aliphatic carbocycles. The van der Waals surface area contributed by atoms with Crippen molar-refractivity contribution < 1.29 is 14.3 Å². The molecule has 1 aliphatic rings. The Hall–Kier alpha value is -3.26. The number of aromatic nitrogens is 1. The second kappa shape index (κ2) is 9.98. The first-order chi connectivity index (χ1) is 14.5. The smallest absolute Gasteiger partial charge is 0.305 e. The Morgan fingerprint density at radius 1 is 1.23 bits per heavy atom. The second-order valence-corrected chi connectivity index (χ2v) is 6.94. The zero-order valence-electron chi connectivity index (χ0n) is 16.7. The lowest BCUT2D eigenvalue weighted by atomic mass is 10.0. The molecule has 2 heterocycles. The number of hydrazine groups is 1. The van der Waals surface area contributed by atoms with Crippen molar-refractivity contribution >= 4 is 40.7 Å². The van der Waals surface area contributed by atoms with E-state index in [2.05, 4.69) is 20.8 Å². The molecular formula is C21H22ClN5O3. The average molecular weight is 428 g/mol. The number of halogens is 1. The lowest BCUT2D eigenvalue weighted by Gasteiger charge is -2.17. The van der Waals surface area contributed by atoms with Crippen LogP contribution < -0.4 is 10.9 Å². The van der Waals surface area contributed by atoms with E-state index in [9.17, 15) is 9.59 Å². The van der Waals surface area contributed by atoms with E-state index in [1.165, 1.54) is 7.11 Å². The lowest BCUT2D eigenvalue weighted by Crippen LogP contribution is -2.46. The number of nitrogens with one attached hydrogen (secondary N) is 2. The summed E-state index contributed by atoms with van der Waals surface area (Å²) >= 11 is 6.24. The van der Waals surface area contributed by atoms with E-state index in [-0.39, 0.29) is 18.3 Å². The number of esters is 1. The number of amidine groups is 1. The largest absolute Gasteiger partial charge is 0.469 e. The minimum Gasteiger partial charge on any atom is -0.469 e. The van der Waals surface area contributed by atoms with Gasteiger partial charge in [0, 0.05) is 29.6 Å². The number of hydrogen-bond acceptors (Lipinski definition) is 7. The summed E-state index contributed by atoms with van der Waals surface area (Å²) in [5.41, 5.74) is 8.07. The van der Waals surface area contributed by atoms with Gasteiger partial charge in [-0.1, -0.05) is 24.6 Å². The molecule has 9 heteroatoms. The number of amides is 1. The number of methoxy groups -OCH3 is 1. The zero-order valence-corrected chi connectivity index (χ0v) is 17.4. The number of rotatable bonds is 5. The number of nitrogens with zero attached hydrogens (tertiary/aromatic N) is 3. The molecule has 1 aromatic carbocycles. The van der Waals surface area contributed by atoms with Crippen molar-refractivity contribution in [3.05, 3.63) is 58.9 Å². The molecule has 1 amide bonds. The molecule has 3 rings (SSSR count). The maximum atomic E-state index is 11.8. The fourth-order valence-electron chi connectivity index (χ4n) is 2.88. The summed E-state index contributed by atoms with van der Waals surface area (Å²) in [4.78, 5) is 37.5. The maximum Gasteiger partial charge on any atom is 0.305 e. The molecule has 0 saturated carbocycles.